The topological polar surface area (TPSA) is 245 Å². The molecular weight excluding hydrogens is 1070 g/mol. The first-order valence-electron chi connectivity index (χ1n) is 28.2. The van der Waals surface area contributed by atoms with Crippen molar-refractivity contribution in [3.63, 3.8) is 0 Å². The second-order valence-electron chi connectivity index (χ2n) is 23.1. The van der Waals surface area contributed by atoms with Crippen LogP contribution in [0.5, 0.6) is 5.75 Å². The molecular formula is C59H80N12O8S2. The molecule has 5 aromatic rings. The number of piperidine rings is 1. The lowest BCUT2D eigenvalue weighted by Gasteiger charge is -2.43. The van der Waals surface area contributed by atoms with E-state index in [0.29, 0.717) is 55.5 Å². The van der Waals surface area contributed by atoms with Crippen LogP contribution in [0.3, 0.4) is 0 Å². The summed E-state index contributed by atoms with van der Waals surface area (Å²) in [5.41, 5.74) is 7.24. The summed E-state index contributed by atoms with van der Waals surface area (Å²) in [4.78, 5) is 81.5. The smallest absolute Gasteiger partial charge is 0.246 e. The van der Waals surface area contributed by atoms with E-state index in [2.05, 4.69) is 64.0 Å². The Labute approximate surface area is 480 Å². The Morgan fingerprint density at radius 1 is 0.840 bits per heavy atom. The fourth-order valence-electron chi connectivity index (χ4n) is 10.7. The number of unbranched alkanes of at least 4 members (excludes halogenated alkanes) is 1. The third kappa shape index (κ3) is 15.2. The number of amides is 4. The number of ether oxygens (including phenoxy) is 1. The van der Waals surface area contributed by atoms with E-state index in [1.807, 2.05) is 82.3 Å². The summed E-state index contributed by atoms with van der Waals surface area (Å²) in [6, 6.07) is 17.3. The average Bonchev–Trinajstić information content (AvgIpc) is 4.09. The highest BCUT2D eigenvalue weighted by atomic mass is 32.2. The minimum atomic E-state index is -3.57. The first kappa shape index (κ1) is 60.3. The molecule has 0 aliphatic carbocycles. The first-order valence-corrected chi connectivity index (χ1v) is 30.7. The predicted molar refractivity (Wildman–Crippen MR) is 316 cm³/mol. The second-order valence-corrected chi connectivity index (χ2v) is 26.4. The largest absolute Gasteiger partial charge is 0.489 e. The molecule has 22 heteroatoms. The molecule has 0 radical (unpaired) electrons. The number of benzene rings is 3. The molecule has 2 aromatic heterocycles. The number of carbonyl (C=O) groups is 4. The molecule has 4 amide bonds. The molecule has 0 bridgehead atoms. The number of nitrogens with zero attached hydrogens (tertiary/aromatic N) is 8. The SMILES string of the molecule is Cc1cc(Nc2ncnc(Nc3ccccc3S(=O)(=O)C(C)C)n2)c(OC(C)C)cc1N1CCC(N2CCN(C(=O)CCCCC(=O)NC(C(=O)N3C[C@H](O)C[C@H]3C(=O)NCc3ccc(-c4scnc4C)cc3)C(C)(C)C)CC2)CC1. The van der Waals surface area contributed by atoms with Crippen LogP contribution in [-0.4, -0.2) is 153 Å². The Morgan fingerprint density at radius 3 is 2.15 bits per heavy atom. The fraction of sp³-hybridized carbons (Fsp3) is 0.525. The van der Waals surface area contributed by atoms with Crippen molar-refractivity contribution in [3.8, 4) is 16.2 Å². The van der Waals surface area contributed by atoms with Crippen LogP contribution in [-0.2, 0) is 35.6 Å². The lowest BCUT2D eigenvalue weighted by molar-refractivity contribution is -0.144. The number of anilines is 5. The number of aryl methyl sites for hydroxylation is 2. The zero-order valence-electron chi connectivity index (χ0n) is 48.2. The second kappa shape index (κ2) is 26.4. The van der Waals surface area contributed by atoms with Crippen molar-refractivity contribution in [2.45, 2.75) is 154 Å². The molecule has 3 fully saturated rings. The van der Waals surface area contributed by atoms with Crippen molar-refractivity contribution in [1.82, 2.24) is 45.3 Å². The zero-order chi connectivity index (χ0) is 58.2. The summed E-state index contributed by atoms with van der Waals surface area (Å²) in [6.07, 6.45) is 3.92. The molecule has 3 atom stereocenters. The Balaban J connectivity index is 0.767. The van der Waals surface area contributed by atoms with Gasteiger partial charge in [0.1, 0.15) is 24.2 Å². The monoisotopic (exact) mass is 1150 g/mol. The van der Waals surface area contributed by atoms with Crippen LogP contribution in [0.2, 0.25) is 0 Å². The van der Waals surface area contributed by atoms with E-state index in [9.17, 15) is 32.7 Å². The van der Waals surface area contributed by atoms with Gasteiger partial charge in [-0.3, -0.25) is 24.1 Å². The third-order valence-corrected chi connectivity index (χ3v) is 18.5. The number of piperazine rings is 1. The maximum atomic E-state index is 14.2. The van der Waals surface area contributed by atoms with E-state index in [-0.39, 0.29) is 66.5 Å². The molecule has 0 saturated carbocycles. The van der Waals surface area contributed by atoms with Gasteiger partial charge in [-0.25, -0.2) is 23.4 Å². The van der Waals surface area contributed by atoms with E-state index in [1.165, 1.54) is 11.2 Å². The van der Waals surface area contributed by atoms with Gasteiger partial charge in [-0.15, -0.1) is 11.3 Å². The zero-order valence-corrected chi connectivity index (χ0v) is 49.8. The van der Waals surface area contributed by atoms with Gasteiger partial charge in [0.05, 0.1) is 49.8 Å². The average molecular weight is 1150 g/mol. The fourth-order valence-corrected chi connectivity index (χ4v) is 12.8. The highest BCUT2D eigenvalue weighted by molar-refractivity contribution is 7.92. The highest BCUT2D eigenvalue weighted by Gasteiger charge is 2.44. The molecule has 1 unspecified atom stereocenters. The Morgan fingerprint density at radius 2 is 1.51 bits per heavy atom. The molecule has 20 nitrogen and oxygen atoms in total. The van der Waals surface area contributed by atoms with E-state index in [0.717, 1.165) is 72.0 Å². The van der Waals surface area contributed by atoms with Crippen molar-refractivity contribution in [2.75, 3.05) is 61.3 Å². The lowest BCUT2D eigenvalue weighted by Crippen LogP contribution is -2.57. The molecule has 436 valence electrons. The lowest BCUT2D eigenvalue weighted by atomic mass is 9.85. The summed E-state index contributed by atoms with van der Waals surface area (Å²) >= 11 is 1.57. The van der Waals surface area contributed by atoms with Gasteiger partial charge in [0.25, 0.3) is 0 Å². The van der Waals surface area contributed by atoms with Crippen molar-refractivity contribution in [2.24, 2.45) is 5.41 Å². The molecule has 8 rings (SSSR count). The molecule has 5 heterocycles. The van der Waals surface area contributed by atoms with Crippen molar-refractivity contribution >= 4 is 73.8 Å². The minimum absolute atomic E-state index is 0.00795. The van der Waals surface area contributed by atoms with E-state index < -0.39 is 44.6 Å². The van der Waals surface area contributed by atoms with Gasteiger partial charge >= 0.3 is 0 Å². The third-order valence-electron chi connectivity index (χ3n) is 15.3. The number of thiazole rings is 1. The number of carbonyl (C=O) groups excluding carboxylic acids is 4. The molecule has 81 heavy (non-hydrogen) atoms. The van der Waals surface area contributed by atoms with Crippen molar-refractivity contribution in [3.05, 3.63) is 89.3 Å². The van der Waals surface area contributed by atoms with Crippen LogP contribution in [0.25, 0.3) is 10.4 Å². The highest BCUT2D eigenvalue weighted by Crippen LogP contribution is 2.38. The normalized spacial score (nSPS) is 17.8. The standard InChI is InChI=1S/C59H80N12O8S2/c1-37(2)79-49-32-47(39(5)30-46(49)65-58-62-35-61-57(67-58)64-45-14-10-11-15-50(45)81(77,78)38(3)4)69-24-22-43(23-25-69)68-26-28-70(29-27-68)52(74)17-13-12-16-51(73)66-54(59(7,8)9)56(76)71-34-44(72)31-48(71)55(75)60-33-41-18-20-42(21-19-41)53-40(6)63-36-80-53/h10-11,14-15,18-21,30,32,35-38,43-44,48,54,72H,12-13,16-17,22-29,31,33-34H2,1-9H3,(H,60,75)(H,66,73)(H2,61,62,64,65,67)/t44-,48+,54?/m1/s1. The van der Waals surface area contributed by atoms with Gasteiger partial charge in [-0.1, -0.05) is 57.2 Å². The number of likely N-dealkylation sites (tertiary alicyclic amines) is 1. The van der Waals surface area contributed by atoms with Crippen LogP contribution >= 0.6 is 11.3 Å². The number of aliphatic hydroxyl groups is 1. The van der Waals surface area contributed by atoms with Gasteiger partial charge in [0.15, 0.2) is 9.84 Å². The molecule has 3 aromatic carbocycles. The molecule has 0 spiro atoms. The van der Waals surface area contributed by atoms with Crippen LogP contribution in [0.4, 0.5) is 29.0 Å². The molecule has 3 aliphatic rings. The van der Waals surface area contributed by atoms with E-state index in [4.69, 9.17) is 4.74 Å². The van der Waals surface area contributed by atoms with Crippen LogP contribution in [0.1, 0.15) is 110 Å². The summed E-state index contributed by atoms with van der Waals surface area (Å²) < 4.78 is 32.5. The van der Waals surface area contributed by atoms with Gasteiger partial charge in [-0.2, -0.15) is 4.98 Å². The Hall–Kier alpha value is -6.75. The quantitative estimate of drug-likeness (QED) is 0.0445. The van der Waals surface area contributed by atoms with Gasteiger partial charge < -0.3 is 45.8 Å². The van der Waals surface area contributed by atoms with Crippen LogP contribution in [0, 0.1) is 19.3 Å². The number of aromatic nitrogens is 4. The molecule has 5 N–H and O–H groups in total. The molecule has 3 aliphatic heterocycles. The number of hydrogen-bond donors (Lipinski definition) is 5. The Kier molecular flexibility index (Phi) is 19.7. The van der Waals surface area contributed by atoms with E-state index >= 15 is 0 Å². The summed E-state index contributed by atoms with van der Waals surface area (Å²) in [7, 11) is -3.57. The number of rotatable bonds is 21. The summed E-state index contributed by atoms with van der Waals surface area (Å²) in [5.74, 6) is 0.0987. The summed E-state index contributed by atoms with van der Waals surface area (Å²) in [5, 5.41) is 22.3. The predicted octanol–water partition coefficient (Wildman–Crippen LogP) is 7.55. The maximum absolute atomic E-state index is 14.2. The Bertz CT molecular complexity index is 3110. The van der Waals surface area contributed by atoms with Crippen LogP contribution < -0.4 is 30.9 Å². The summed E-state index contributed by atoms with van der Waals surface area (Å²) in [6.45, 7) is 21.7. The maximum Gasteiger partial charge on any atom is 0.246 e. The first-order chi connectivity index (χ1) is 38.5. The number of β-amino-alcohol motifs (C(OH)–C–C–N with tert-alkyl or cyclic N) is 1. The van der Waals surface area contributed by atoms with E-state index in [1.54, 1.807) is 49.4 Å². The van der Waals surface area contributed by atoms with Gasteiger partial charge in [-0.05, 0) is 108 Å². The van der Waals surface area contributed by atoms with Crippen LogP contribution in [0.15, 0.2) is 77.4 Å². The van der Waals surface area contributed by atoms with Crippen molar-refractivity contribution < 1.29 is 37.4 Å². The number of sulfone groups is 1. The van der Waals surface area contributed by atoms with Gasteiger partial charge in [0.2, 0.25) is 35.5 Å². The number of aliphatic hydroxyl groups excluding tert-OH is 1. The number of hydrogen-bond acceptors (Lipinski definition) is 17. The van der Waals surface area contributed by atoms with Crippen molar-refractivity contribution in [1.29, 1.82) is 0 Å². The van der Waals surface area contributed by atoms with Gasteiger partial charge in [0, 0.05) is 89.4 Å². The minimum Gasteiger partial charge on any atom is -0.489 e. The molecule has 3 saturated heterocycles. The number of para-hydroxylation sites is 1. The number of nitrogens with one attached hydrogen (secondary N) is 4.